The molecule has 1 saturated heterocycles. The van der Waals surface area contributed by atoms with Crippen molar-refractivity contribution in [1.82, 2.24) is 0 Å². The molecule has 1 aromatic carbocycles. The van der Waals surface area contributed by atoms with Crippen LogP contribution >= 0.6 is 0 Å². The molecule has 2 fully saturated rings. The maximum atomic E-state index is 11.0. The number of aliphatic hydroxyl groups is 2. The molecular weight excluding hydrogens is 280 g/mol. The SMILES string of the molecule is CC1(C)COC2(CCC(O)(c3ccccc3CO)CC2)OC1. The summed E-state index contributed by atoms with van der Waals surface area (Å²) in [5, 5.41) is 20.6. The largest absolute Gasteiger partial charge is 0.392 e. The van der Waals surface area contributed by atoms with Gasteiger partial charge < -0.3 is 19.7 Å². The van der Waals surface area contributed by atoms with Crippen LogP contribution in [0, 0.1) is 5.41 Å². The average Bonchev–Trinajstić information content (AvgIpc) is 2.53. The van der Waals surface area contributed by atoms with Gasteiger partial charge in [0.2, 0.25) is 0 Å². The fourth-order valence-electron chi connectivity index (χ4n) is 3.45. The minimum atomic E-state index is -0.899. The van der Waals surface area contributed by atoms with Gasteiger partial charge in [-0.3, -0.25) is 0 Å². The molecule has 22 heavy (non-hydrogen) atoms. The zero-order valence-electron chi connectivity index (χ0n) is 13.5. The smallest absolute Gasteiger partial charge is 0.168 e. The van der Waals surface area contributed by atoms with Crippen molar-refractivity contribution in [3.63, 3.8) is 0 Å². The molecular formula is C18H26O4. The van der Waals surface area contributed by atoms with Crippen LogP contribution < -0.4 is 0 Å². The molecule has 4 heteroatoms. The molecule has 0 amide bonds. The van der Waals surface area contributed by atoms with Gasteiger partial charge in [-0.15, -0.1) is 0 Å². The molecule has 2 N–H and O–H groups in total. The first-order valence-corrected chi connectivity index (χ1v) is 8.08. The van der Waals surface area contributed by atoms with Crippen LogP contribution in [0.1, 0.15) is 50.7 Å². The van der Waals surface area contributed by atoms with Crippen molar-refractivity contribution in [2.45, 2.75) is 57.5 Å². The summed E-state index contributed by atoms with van der Waals surface area (Å²) in [4.78, 5) is 0. The van der Waals surface area contributed by atoms with E-state index in [1.807, 2.05) is 24.3 Å². The van der Waals surface area contributed by atoms with Gasteiger partial charge in [-0.1, -0.05) is 38.1 Å². The van der Waals surface area contributed by atoms with Gasteiger partial charge >= 0.3 is 0 Å². The highest BCUT2D eigenvalue weighted by Gasteiger charge is 2.48. The lowest BCUT2D eigenvalue weighted by atomic mass is 9.75. The predicted octanol–water partition coefficient (Wildman–Crippen LogP) is 2.71. The van der Waals surface area contributed by atoms with Gasteiger partial charge in [-0.05, 0) is 24.0 Å². The molecule has 1 aromatic rings. The predicted molar refractivity (Wildman–Crippen MR) is 83.1 cm³/mol. The van der Waals surface area contributed by atoms with Gasteiger partial charge in [0.25, 0.3) is 0 Å². The van der Waals surface area contributed by atoms with E-state index >= 15 is 0 Å². The molecule has 3 rings (SSSR count). The second-order valence-electron chi connectivity index (χ2n) is 7.50. The summed E-state index contributed by atoms with van der Waals surface area (Å²) in [6.07, 6.45) is 2.54. The fourth-order valence-corrected chi connectivity index (χ4v) is 3.45. The number of benzene rings is 1. The number of hydrogen-bond donors (Lipinski definition) is 2. The molecule has 1 heterocycles. The van der Waals surface area contributed by atoms with E-state index in [-0.39, 0.29) is 12.0 Å². The summed E-state index contributed by atoms with van der Waals surface area (Å²) >= 11 is 0. The molecule has 122 valence electrons. The molecule has 0 aromatic heterocycles. The highest BCUT2D eigenvalue weighted by atomic mass is 16.7. The van der Waals surface area contributed by atoms with Gasteiger partial charge in [0.05, 0.1) is 25.4 Å². The maximum Gasteiger partial charge on any atom is 0.168 e. The van der Waals surface area contributed by atoms with Crippen LogP contribution in [-0.2, 0) is 21.7 Å². The molecule has 4 nitrogen and oxygen atoms in total. The molecule has 0 unspecified atom stereocenters. The Morgan fingerprint density at radius 2 is 1.59 bits per heavy atom. The van der Waals surface area contributed by atoms with Crippen molar-refractivity contribution in [1.29, 1.82) is 0 Å². The van der Waals surface area contributed by atoms with E-state index < -0.39 is 11.4 Å². The summed E-state index contributed by atoms with van der Waals surface area (Å²) in [7, 11) is 0. The van der Waals surface area contributed by atoms with Crippen LogP contribution in [0.2, 0.25) is 0 Å². The lowest BCUT2D eigenvalue weighted by Gasteiger charge is -2.49. The van der Waals surface area contributed by atoms with Crippen LogP contribution in [0.15, 0.2) is 24.3 Å². The van der Waals surface area contributed by atoms with Gasteiger partial charge in [-0.2, -0.15) is 0 Å². The van der Waals surface area contributed by atoms with Gasteiger partial charge in [0, 0.05) is 18.3 Å². The van der Waals surface area contributed by atoms with Crippen LogP contribution in [0.4, 0.5) is 0 Å². The number of hydrogen-bond acceptors (Lipinski definition) is 4. The minimum absolute atomic E-state index is 0.0508. The Hall–Kier alpha value is -0.940. The monoisotopic (exact) mass is 306 g/mol. The second kappa shape index (κ2) is 5.60. The summed E-state index contributed by atoms with van der Waals surface area (Å²) in [6.45, 7) is 5.61. The summed E-state index contributed by atoms with van der Waals surface area (Å²) in [6, 6.07) is 7.58. The maximum absolute atomic E-state index is 11.0. The zero-order valence-corrected chi connectivity index (χ0v) is 13.5. The summed E-state index contributed by atoms with van der Waals surface area (Å²) < 4.78 is 12.0. The van der Waals surface area contributed by atoms with Crippen LogP contribution in [0.5, 0.6) is 0 Å². The lowest BCUT2D eigenvalue weighted by Crippen LogP contribution is -2.51. The first-order chi connectivity index (χ1) is 10.4. The van der Waals surface area contributed by atoms with Crippen molar-refractivity contribution >= 4 is 0 Å². The fraction of sp³-hybridized carbons (Fsp3) is 0.667. The standard InChI is InChI=1S/C18H26O4/c1-16(2)12-21-18(22-13-16)9-7-17(20,8-10-18)15-6-4-3-5-14(15)11-19/h3-6,19-20H,7-13H2,1-2H3. The Kier molecular flexibility index (Phi) is 4.06. The highest BCUT2D eigenvalue weighted by Crippen LogP contribution is 2.46. The third kappa shape index (κ3) is 2.93. The molecule has 1 spiro atoms. The quantitative estimate of drug-likeness (QED) is 0.882. The Balaban J connectivity index is 1.73. The third-order valence-electron chi connectivity index (χ3n) is 4.98. The Morgan fingerprint density at radius 3 is 2.18 bits per heavy atom. The number of ether oxygens (including phenoxy) is 2. The normalized spacial score (nSPS) is 26.0. The Bertz CT molecular complexity index is 518. The zero-order chi connectivity index (χ0) is 15.8. The Morgan fingerprint density at radius 1 is 1.00 bits per heavy atom. The third-order valence-corrected chi connectivity index (χ3v) is 4.98. The van der Waals surface area contributed by atoms with Crippen molar-refractivity contribution < 1.29 is 19.7 Å². The second-order valence-corrected chi connectivity index (χ2v) is 7.50. The van der Waals surface area contributed by atoms with E-state index in [4.69, 9.17) is 9.47 Å². The van der Waals surface area contributed by atoms with E-state index in [2.05, 4.69) is 13.8 Å². The van der Waals surface area contributed by atoms with E-state index in [0.717, 1.165) is 11.1 Å². The van der Waals surface area contributed by atoms with E-state index in [1.165, 1.54) is 0 Å². The van der Waals surface area contributed by atoms with Gasteiger partial charge in [-0.25, -0.2) is 0 Å². The van der Waals surface area contributed by atoms with Gasteiger partial charge in [0.1, 0.15) is 0 Å². The van der Waals surface area contributed by atoms with Gasteiger partial charge in [0.15, 0.2) is 5.79 Å². The molecule has 0 radical (unpaired) electrons. The summed E-state index contributed by atoms with van der Waals surface area (Å²) in [5.41, 5.74) is 0.795. The molecule has 1 saturated carbocycles. The van der Waals surface area contributed by atoms with Crippen molar-refractivity contribution in [3.8, 4) is 0 Å². The van der Waals surface area contributed by atoms with E-state index in [0.29, 0.717) is 38.9 Å². The molecule has 1 aliphatic carbocycles. The minimum Gasteiger partial charge on any atom is -0.392 e. The molecule has 0 bridgehead atoms. The van der Waals surface area contributed by atoms with Crippen LogP contribution in [0.3, 0.4) is 0 Å². The van der Waals surface area contributed by atoms with Crippen molar-refractivity contribution in [2.75, 3.05) is 13.2 Å². The first kappa shape index (κ1) is 15.9. The van der Waals surface area contributed by atoms with Crippen LogP contribution in [-0.4, -0.2) is 29.2 Å². The van der Waals surface area contributed by atoms with Crippen LogP contribution in [0.25, 0.3) is 0 Å². The lowest BCUT2D eigenvalue weighted by molar-refractivity contribution is -0.320. The number of aliphatic hydroxyl groups excluding tert-OH is 1. The average molecular weight is 306 g/mol. The number of rotatable bonds is 2. The van der Waals surface area contributed by atoms with E-state index in [1.54, 1.807) is 0 Å². The molecule has 1 aliphatic heterocycles. The summed E-state index contributed by atoms with van der Waals surface area (Å²) in [5.74, 6) is -0.532. The Labute approximate surface area is 132 Å². The highest BCUT2D eigenvalue weighted by molar-refractivity contribution is 5.32. The molecule has 2 aliphatic rings. The van der Waals surface area contributed by atoms with Crippen molar-refractivity contribution in [3.05, 3.63) is 35.4 Å². The van der Waals surface area contributed by atoms with E-state index in [9.17, 15) is 10.2 Å². The molecule has 0 atom stereocenters. The topological polar surface area (TPSA) is 58.9 Å². The first-order valence-electron chi connectivity index (χ1n) is 8.08. The van der Waals surface area contributed by atoms with Crippen molar-refractivity contribution in [2.24, 2.45) is 5.41 Å².